The molecule has 5 nitrogen and oxygen atoms in total. The predicted molar refractivity (Wildman–Crippen MR) is 83.4 cm³/mol. The number of nitrogens with zero attached hydrogens (tertiary/aromatic N) is 1. The Morgan fingerprint density at radius 2 is 2.14 bits per heavy atom. The monoisotopic (exact) mass is 350 g/mol. The molecular weight excluding hydrogens is 336 g/mol. The lowest BCUT2D eigenvalue weighted by atomic mass is 10.3. The van der Waals surface area contributed by atoms with Crippen LogP contribution in [0.4, 0.5) is 0 Å². The van der Waals surface area contributed by atoms with Crippen LogP contribution < -0.4 is 10.2 Å². The summed E-state index contributed by atoms with van der Waals surface area (Å²) in [7, 11) is 0. The standard InChI is InChI=1S/C15H15BrN2O3/c1-10-7-8-12(20-10)9-17-18-15(19)11(2)21-14-6-4-3-5-13(14)16/h3-9,11H,1-2H3,(H,18,19)/b17-9+. The number of hydrazone groups is 1. The number of benzene rings is 1. The summed E-state index contributed by atoms with van der Waals surface area (Å²) < 4.78 is 11.6. The molecule has 1 aromatic carbocycles. The molecule has 1 atom stereocenters. The molecule has 1 amide bonds. The van der Waals surface area contributed by atoms with Crippen molar-refractivity contribution in [3.05, 3.63) is 52.4 Å². The number of aryl methyl sites for hydroxylation is 1. The summed E-state index contributed by atoms with van der Waals surface area (Å²) in [5.41, 5.74) is 2.41. The summed E-state index contributed by atoms with van der Waals surface area (Å²) in [4.78, 5) is 11.9. The van der Waals surface area contributed by atoms with Gasteiger partial charge in [-0.05, 0) is 54.0 Å². The van der Waals surface area contributed by atoms with Gasteiger partial charge in [0.25, 0.3) is 5.91 Å². The largest absolute Gasteiger partial charge is 0.480 e. The van der Waals surface area contributed by atoms with Crippen LogP contribution in [0, 0.1) is 6.92 Å². The van der Waals surface area contributed by atoms with Crippen molar-refractivity contribution in [1.82, 2.24) is 5.43 Å². The number of carbonyl (C=O) groups excluding carboxylic acids is 1. The first-order valence-corrected chi connectivity index (χ1v) is 7.16. The summed E-state index contributed by atoms with van der Waals surface area (Å²) in [5, 5.41) is 3.83. The van der Waals surface area contributed by atoms with E-state index in [0.717, 1.165) is 10.2 Å². The van der Waals surface area contributed by atoms with Crippen LogP contribution in [0.2, 0.25) is 0 Å². The van der Waals surface area contributed by atoms with Crippen LogP contribution in [0.25, 0.3) is 0 Å². The van der Waals surface area contributed by atoms with Gasteiger partial charge in [-0.2, -0.15) is 5.10 Å². The molecule has 1 aromatic heterocycles. The molecule has 1 heterocycles. The van der Waals surface area contributed by atoms with E-state index in [4.69, 9.17) is 9.15 Å². The minimum atomic E-state index is -0.667. The third-order valence-corrected chi connectivity index (χ3v) is 3.29. The highest BCUT2D eigenvalue weighted by atomic mass is 79.9. The van der Waals surface area contributed by atoms with E-state index in [2.05, 4.69) is 26.5 Å². The highest BCUT2D eigenvalue weighted by Crippen LogP contribution is 2.24. The fourth-order valence-corrected chi connectivity index (χ4v) is 1.94. The minimum Gasteiger partial charge on any atom is -0.480 e. The van der Waals surface area contributed by atoms with Crippen molar-refractivity contribution in [1.29, 1.82) is 0 Å². The van der Waals surface area contributed by atoms with Crippen molar-refractivity contribution in [2.45, 2.75) is 20.0 Å². The van der Waals surface area contributed by atoms with Gasteiger partial charge < -0.3 is 9.15 Å². The topological polar surface area (TPSA) is 63.8 Å². The van der Waals surface area contributed by atoms with E-state index < -0.39 is 6.10 Å². The number of nitrogens with one attached hydrogen (secondary N) is 1. The summed E-state index contributed by atoms with van der Waals surface area (Å²) >= 11 is 3.36. The second-order valence-electron chi connectivity index (χ2n) is 4.37. The number of ether oxygens (including phenoxy) is 1. The Hall–Kier alpha value is -2.08. The molecule has 6 heteroatoms. The second-order valence-corrected chi connectivity index (χ2v) is 5.23. The number of hydrogen-bond donors (Lipinski definition) is 1. The molecule has 0 bridgehead atoms. The van der Waals surface area contributed by atoms with Crippen molar-refractivity contribution in [2.24, 2.45) is 5.10 Å². The molecule has 0 aliphatic carbocycles. The smallest absolute Gasteiger partial charge is 0.280 e. The predicted octanol–water partition coefficient (Wildman–Crippen LogP) is 3.27. The van der Waals surface area contributed by atoms with E-state index in [1.165, 1.54) is 6.21 Å². The van der Waals surface area contributed by atoms with Gasteiger partial charge >= 0.3 is 0 Å². The van der Waals surface area contributed by atoms with Crippen LogP contribution in [-0.2, 0) is 4.79 Å². The van der Waals surface area contributed by atoms with E-state index in [-0.39, 0.29) is 5.91 Å². The number of hydrogen-bond acceptors (Lipinski definition) is 4. The van der Waals surface area contributed by atoms with Crippen LogP contribution in [0.1, 0.15) is 18.4 Å². The number of para-hydroxylation sites is 1. The van der Waals surface area contributed by atoms with Gasteiger partial charge in [0, 0.05) is 0 Å². The zero-order valence-corrected chi connectivity index (χ0v) is 13.3. The van der Waals surface area contributed by atoms with Crippen LogP contribution in [0.5, 0.6) is 5.75 Å². The van der Waals surface area contributed by atoms with Gasteiger partial charge in [0.1, 0.15) is 17.3 Å². The maximum absolute atomic E-state index is 11.9. The first-order chi connectivity index (χ1) is 10.1. The minimum absolute atomic E-state index is 0.342. The van der Waals surface area contributed by atoms with Crippen molar-refractivity contribution in [3.8, 4) is 5.75 Å². The van der Waals surface area contributed by atoms with Gasteiger partial charge in [-0.3, -0.25) is 4.79 Å². The Balaban J connectivity index is 1.88. The number of amides is 1. The molecule has 0 aliphatic rings. The number of furan rings is 1. The van der Waals surface area contributed by atoms with Crippen LogP contribution in [-0.4, -0.2) is 18.2 Å². The maximum atomic E-state index is 11.9. The third kappa shape index (κ3) is 4.46. The lowest BCUT2D eigenvalue weighted by Gasteiger charge is -2.13. The van der Waals surface area contributed by atoms with Gasteiger partial charge in [0.05, 0.1) is 10.7 Å². The number of halogens is 1. The molecular formula is C15H15BrN2O3. The van der Waals surface area contributed by atoms with Gasteiger partial charge in [0.2, 0.25) is 0 Å². The zero-order valence-electron chi connectivity index (χ0n) is 11.7. The molecule has 110 valence electrons. The average molecular weight is 351 g/mol. The molecule has 0 spiro atoms. The van der Waals surface area contributed by atoms with Gasteiger partial charge in [0.15, 0.2) is 6.10 Å². The Labute approximate surface area is 131 Å². The molecule has 0 radical (unpaired) electrons. The third-order valence-electron chi connectivity index (χ3n) is 2.64. The molecule has 2 rings (SSSR count). The van der Waals surface area contributed by atoms with Crippen molar-refractivity contribution < 1.29 is 13.9 Å². The summed E-state index contributed by atoms with van der Waals surface area (Å²) in [6.45, 7) is 3.49. The van der Waals surface area contributed by atoms with Crippen LogP contribution in [0.3, 0.4) is 0 Å². The SMILES string of the molecule is Cc1ccc(/C=N/NC(=O)C(C)Oc2ccccc2Br)o1. The van der Waals surface area contributed by atoms with E-state index in [0.29, 0.717) is 11.5 Å². The zero-order chi connectivity index (χ0) is 15.2. The fourth-order valence-electron chi connectivity index (χ4n) is 1.56. The number of rotatable bonds is 5. The van der Waals surface area contributed by atoms with Gasteiger partial charge in [-0.1, -0.05) is 12.1 Å². The van der Waals surface area contributed by atoms with Crippen molar-refractivity contribution in [2.75, 3.05) is 0 Å². The van der Waals surface area contributed by atoms with E-state index in [9.17, 15) is 4.79 Å². The molecule has 0 saturated heterocycles. The fraction of sp³-hybridized carbons (Fsp3) is 0.200. The molecule has 0 fully saturated rings. The quantitative estimate of drug-likeness (QED) is 0.664. The van der Waals surface area contributed by atoms with Crippen LogP contribution >= 0.6 is 15.9 Å². The Kier molecular flexibility index (Phi) is 5.16. The molecule has 0 saturated carbocycles. The summed E-state index contributed by atoms with van der Waals surface area (Å²) in [6.07, 6.45) is 0.773. The summed E-state index contributed by atoms with van der Waals surface area (Å²) in [5.74, 6) is 1.62. The van der Waals surface area contributed by atoms with E-state index in [1.807, 2.05) is 31.2 Å². The molecule has 1 unspecified atom stereocenters. The highest BCUT2D eigenvalue weighted by Gasteiger charge is 2.15. The number of carbonyl (C=O) groups is 1. The maximum Gasteiger partial charge on any atom is 0.280 e. The highest BCUT2D eigenvalue weighted by molar-refractivity contribution is 9.10. The van der Waals surface area contributed by atoms with E-state index >= 15 is 0 Å². The van der Waals surface area contributed by atoms with Gasteiger partial charge in [-0.25, -0.2) is 5.43 Å². The average Bonchev–Trinajstić information content (AvgIpc) is 2.87. The normalized spacial score (nSPS) is 12.3. The Morgan fingerprint density at radius 3 is 2.81 bits per heavy atom. The van der Waals surface area contributed by atoms with Gasteiger partial charge in [-0.15, -0.1) is 0 Å². The van der Waals surface area contributed by atoms with Crippen molar-refractivity contribution >= 4 is 28.1 Å². The van der Waals surface area contributed by atoms with Crippen LogP contribution in [0.15, 0.2) is 50.4 Å². The van der Waals surface area contributed by atoms with Crippen molar-refractivity contribution in [3.63, 3.8) is 0 Å². The van der Waals surface area contributed by atoms with E-state index in [1.54, 1.807) is 19.1 Å². The molecule has 21 heavy (non-hydrogen) atoms. The molecule has 1 N–H and O–H groups in total. The lowest BCUT2D eigenvalue weighted by molar-refractivity contribution is -0.127. The molecule has 0 aliphatic heterocycles. The lowest BCUT2D eigenvalue weighted by Crippen LogP contribution is -2.33. The summed E-state index contributed by atoms with van der Waals surface area (Å²) in [6, 6.07) is 10.9. The molecule has 2 aromatic rings. The first kappa shape index (κ1) is 15.3. The Morgan fingerprint density at radius 1 is 1.38 bits per heavy atom. The second kappa shape index (κ2) is 7.08. The first-order valence-electron chi connectivity index (χ1n) is 6.37. The Bertz CT molecular complexity index is 652.